The van der Waals surface area contributed by atoms with Gasteiger partial charge in [0.15, 0.2) is 0 Å². The zero-order valence-corrected chi connectivity index (χ0v) is 9.83. The van der Waals surface area contributed by atoms with Crippen molar-refractivity contribution in [3.05, 3.63) is 41.7 Å². The minimum absolute atomic E-state index is 0.971. The van der Waals surface area contributed by atoms with Crippen LogP contribution in [-0.2, 0) is 6.42 Å². The number of hydrogen-bond donors (Lipinski definition) is 1. The third-order valence-electron chi connectivity index (χ3n) is 2.45. The van der Waals surface area contributed by atoms with Gasteiger partial charge in [-0.2, -0.15) is 5.10 Å². The molecule has 0 aliphatic rings. The van der Waals surface area contributed by atoms with Gasteiger partial charge >= 0.3 is 0 Å². The average molecular weight is 218 g/mol. The summed E-state index contributed by atoms with van der Waals surface area (Å²) in [5.41, 5.74) is 3.48. The van der Waals surface area contributed by atoms with Crippen molar-refractivity contribution in [2.24, 2.45) is 0 Å². The molecule has 0 bridgehead atoms. The van der Waals surface area contributed by atoms with Crippen molar-refractivity contribution in [3.63, 3.8) is 0 Å². The lowest BCUT2D eigenvalue weighted by Crippen LogP contribution is -1.95. The molecule has 1 aromatic heterocycles. The van der Waals surface area contributed by atoms with Gasteiger partial charge in [0.1, 0.15) is 0 Å². The van der Waals surface area contributed by atoms with Crippen LogP contribution >= 0.6 is 12.6 Å². The van der Waals surface area contributed by atoms with Crippen LogP contribution in [0.4, 0.5) is 0 Å². The highest BCUT2D eigenvalue weighted by Gasteiger charge is 2.03. The topological polar surface area (TPSA) is 17.8 Å². The minimum Gasteiger partial charge on any atom is -0.240 e. The smallest absolute Gasteiger partial charge is 0.0655 e. The molecule has 2 aromatic rings. The number of nitrogens with zero attached hydrogens (tertiary/aromatic N) is 2. The van der Waals surface area contributed by atoms with Crippen LogP contribution in [0.1, 0.15) is 18.2 Å². The first-order valence-corrected chi connectivity index (χ1v) is 5.50. The van der Waals surface area contributed by atoms with Gasteiger partial charge in [0.2, 0.25) is 0 Å². The van der Waals surface area contributed by atoms with Crippen LogP contribution in [0, 0.1) is 6.92 Å². The Morgan fingerprint density at radius 3 is 2.47 bits per heavy atom. The first kappa shape index (κ1) is 10.3. The Kier molecular flexibility index (Phi) is 2.82. The number of aryl methyl sites for hydroxylation is 2. The zero-order chi connectivity index (χ0) is 10.8. The standard InChI is InChI=1S/C12H14N2S/c1-3-12-9(2)8-14(13-12)10-4-6-11(15)7-5-10/h4-8,15H,3H2,1-2H3. The summed E-state index contributed by atoms with van der Waals surface area (Å²) in [6.45, 7) is 4.21. The molecule has 0 aliphatic carbocycles. The summed E-state index contributed by atoms with van der Waals surface area (Å²) in [4.78, 5) is 0.971. The fraction of sp³-hybridized carbons (Fsp3) is 0.250. The van der Waals surface area contributed by atoms with Crippen molar-refractivity contribution >= 4 is 12.6 Å². The van der Waals surface area contributed by atoms with E-state index in [-0.39, 0.29) is 0 Å². The maximum atomic E-state index is 4.52. The number of thiol groups is 1. The fourth-order valence-electron chi connectivity index (χ4n) is 1.58. The van der Waals surface area contributed by atoms with Crippen molar-refractivity contribution < 1.29 is 0 Å². The predicted molar refractivity (Wildman–Crippen MR) is 64.9 cm³/mol. The van der Waals surface area contributed by atoms with Crippen molar-refractivity contribution in [1.82, 2.24) is 9.78 Å². The fourth-order valence-corrected chi connectivity index (χ4v) is 1.73. The molecule has 0 atom stereocenters. The van der Waals surface area contributed by atoms with Gasteiger partial charge in [-0.05, 0) is 43.2 Å². The van der Waals surface area contributed by atoms with E-state index in [1.54, 1.807) is 0 Å². The Labute approximate surface area is 95.3 Å². The van der Waals surface area contributed by atoms with Crippen LogP contribution in [0.5, 0.6) is 0 Å². The molecular weight excluding hydrogens is 204 g/mol. The van der Waals surface area contributed by atoms with E-state index < -0.39 is 0 Å². The second-order valence-electron chi connectivity index (χ2n) is 3.57. The summed E-state index contributed by atoms with van der Waals surface area (Å²) >= 11 is 4.26. The predicted octanol–water partition coefficient (Wildman–Crippen LogP) is 3.03. The van der Waals surface area contributed by atoms with Crippen LogP contribution in [-0.4, -0.2) is 9.78 Å². The molecule has 0 fully saturated rings. The molecule has 0 N–H and O–H groups in total. The van der Waals surface area contributed by atoms with Gasteiger partial charge in [-0.15, -0.1) is 12.6 Å². The molecule has 2 nitrogen and oxygen atoms in total. The van der Waals surface area contributed by atoms with Gasteiger partial charge < -0.3 is 0 Å². The van der Waals surface area contributed by atoms with Gasteiger partial charge in [0, 0.05) is 11.1 Å². The van der Waals surface area contributed by atoms with E-state index >= 15 is 0 Å². The van der Waals surface area contributed by atoms with Crippen LogP contribution in [0.25, 0.3) is 5.69 Å². The summed E-state index contributed by atoms with van der Waals surface area (Å²) in [6.07, 6.45) is 3.04. The van der Waals surface area contributed by atoms with Gasteiger partial charge in [-0.25, -0.2) is 4.68 Å². The van der Waals surface area contributed by atoms with E-state index in [0.717, 1.165) is 22.7 Å². The van der Waals surface area contributed by atoms with Gasteiger partial charge in [0.05, 0.1) is 11.4 Å². The lowest BCUT2D eigenvalue weighted by Gasteiger charge is -2.00. The van der Waals surface area contributed by atoms with Crippen molar-refractivity contribution in [2.45, 2.75) is 25.2 Å². The lowest BCUT2D eigenvalue weighted by atomic mass is 10.2. The molecule has 1 heterocycles. The molecule has 0 unspecified atom stereocenters. The maximum absolute atomic E-state index is 4.52. The Morgan fingerprint density at radius 2 is 1.93 bits per heavy atom. The van der Waals surface area contributed by atoms with Gasteiger partial charge in [-0.3, -0.25) is 0 Å². The molecule has 0 radical (unpaired) electrons. The summed E-state index contributed by atoms with van der Waals surface area (Å²) in [7, 11) is 0. The molecule has 15 heavy (non-hydrogen) atoms. The van der Waals surface area contributed by atoms with Crippen molar-refractivity contribution in [1.29, 1.82) is 0 Å². The first-order valence-electron chi connectivity index (χ1n) is 5.05. The Hall–Kier alpha value is -1.22. The molecule has 0 saturated heterocycles. The Morgan fingerprint density at radius 1 is 1.27 bits per heavy atom. The van der Waals surface area contributed by atoms with Crippen LogP contribution in [0.15, 0.2) is 35.4 Å². The quantitative estimate of drug-likeness (QED) is 0.767. The van der Waals surface area contributed by atoms with E-state index in [4.69, 9.17) is 0 Å². The molecule has 0 spiro atoms. The van der Waals surface area contributed by atoms with Crippen LogP contribution in [0.3, 0.4) is 0 Å². The normalized spacial score (nSPS) is 10.6. The Balaban J connectivity index is 2.41. The van der Waals surface area contributed by atoms with Crippen LogP contribution < -0.4 is 0 Å². The number of benzene rings is 1. The highest BCUT2D eigenvalue weighted by Crippen LogP contribution is 2.14. The number of rotatable bonds is 2. The molecule has 0 saturated carbocycles. The summed E-state index contributed by atoms with van der Waals surface area (Å²) < 4.78 is 1.92. The van der Waals surface area contributed by atoms with Gasteiger partial charge in [0.25, 0.3) is 0 Å². The molecule has 0 amide bonds. The van der Waals surface area contributed by atoms with E-state index in [1.165, 1.54) is 5.56 Å². The zero-order valence-electron chi connectivity index (χ0n) is 8.94. The molecule has 1 aromatic carbocycles. The first-order chi connectivity index (χ1) is 7.20. The number of hydrogen-bond acceptors (Lipinski definition) is 2. The maximum Gasteiger partial charge on any atom is 0.0655 e. The average Bonchev–Trinajstić information content (AvgIpc) is 2.61. The number of aromatic nitrogens is 2. The highest BCUT2D eigenvalue weighted by atomic mass is 32.1. The van der Waals surface area contributed by atoms with E-state index in [9.17, 15) is 0 Å². The molecule has 3 heteroatoms. The second-order valence-corrected chi connectivity index (χ2v) is 4.09. The third-order valence-corrected chi connectivity index (χ3v) is 2.75. The van der Waals surface area contributed by atoms with Crippen molar-refractivity contribution in [2.75, 3.05) is 0 Å². The second kappa shape index (κ2) is 4.11. The van der Waals surface area contributed by atoms with Crippen LogP contribution in [0.2, 0.25) is 0 Å². The largest absolute Gasteiger partial charge is 0.240 e. The SMILES string of the molecule is CCc1nn(-c2ccc(S)cc2)cc1C. The molecule has 2 rings (SSSR count). The summed E-state index contributed by atoms with van der Waals surface area (Å²) in [5, 5.41) is 4.52. The molecular formula is C12H14N2S. The Bertz CT molecular complexity index is 457. The minimum atomic E-state index is 0.971. The third kappa shape index (κ3) is 2.07. The van der Waals surface area contributed by atoms with E-state index in [1.807, 2.05) is 28.9 Å². The van der Waals surface area contributed by atoms with E-state index in [2.05, 4.69) is 37.8 Å². The summed E-state index contributed by atoms with van der Waals surface area (Å²) in [5.74, 6) is 0. The monoisotopic (exact) mass is 218 g/mol. The van der Waals surface area contributed by atoms with Crippen molar-refractivity contribution in [3.8, 4) is 5.69 Å². The molecule has 78 valence electrons. The lowest BCUT2D eigenvalue weighted by molar-refractivity contribution is 0.840. The van der Waals surface area contributed by atoms with E-state index in [0.29, 0.717) is 0 Å². The van der Waals surface area contributed by atoms with Gasteiger partial charge in [-0.1, -0.05) is 6.92 Å². The highest BCUT2D eigenvalue weighted by molar-refractivity contribution is 7.80. The summed E-state index contributed by atoms with van der Waals surface area (Å²) in [6, 6.07) is 7.99. The molecule has 0 aliphatic heterocycles.